The maximum Gasteiger partial charge on any atom is 0.148 e. The molecule has 0 spiro atoms. The quantitative estimate of drug-likeness (QED) is 0.738. The van der Waals surface area contributed by atoms with Crippen molar-refractivity contribution in [2.24, 2.45) is 5.73 Å². The fourth-order valence-electron chi connectivity index (χ4n) is 2.34. The fourth-order valence-corrected chi connectivity index (χ4v) is 2.80. The first-order chi connectivity index (χ1) is 9.56. The fraction of sp³-hybridized carbons (Fsp3) is 0.125. The van der Waals surface area contributed by atoms with Gasteiger partial charge < -0.3 is 10.2 Å². The second-order valence-corrected chi connectivity index (χ2v) is 5.64. The summed E-state index contributed by atoms with van der Waals surface area (Å²) in [5.41, 5.74) is 8.70. The van der Waals surface area contributed by atoms with Crippen LogP contribution in [0.4, 0.5) is 4.39 Å². The molecule has 0 radical (unpaired) electrons. The Morgan fingerprint density at radius 2 is 2.00 bits per heavy atom. The molecule has 2 aromatic carbocycles. The highest BCUT2D eigenvalue weighted by Crippen LogP contribution is 2.32. The van der Waals surface area contributed by atoms with Crippen LogP contribution in [0.2, 0.25) is 0 Å². The monoisotopic (exact) mass is 333 g/mol. The number of furan rings is 1. The van der Waals surface area contributed by atoms with Crippen molar-refractivity contribution in [3.8, 4) is 0 Å². The number of aryl methyl sites for hydroxylation is 1. The molecule has 1 heterocycles. The minimum absolute atomic E-state index is 0.259. The van der Waals surface area contributed by atoms with Crippen LogP contribution in [0.25, 0.3) is 11.0 Å². The Hall–Kier alpha value is -1.65. The highest BCUT2D eigenvalue weighted by molar-refractivity contribution is 9.10. The van der Waals surface area contributed by atoms with Gasteiger partial charge in [-0.2, -0.15) is 0 Å². The van der Waals surface area contributed by atoms with E-state index in [-0.39, 0.29) is 5.82 Å². The molecule has 2 nitrogen and oxygen atoms in total. The van der Waals surface area contributed by atoms with Crippen molar-refractivity contribution in [3.05, 3.63) is 69.6 Å². The molecule has 0 fully saturated rings. The van der Waals surface area contributed by atoms with Gasteiger partial charge in [-0.25, -0.2) is 4.39 Å². The standard InChI is InChI=1S/C16H13BrFNO/c1-9-7-11(18)5-6-12(9)15(19)14-8-10-3-2-4-13(17)16(10)20-14/h2-8,15H,19H2,1H3. The molecule has 20 heavy (non-hydrogen) atoms. The minimum Gasteiger partial charge on any atom is -0.458 e. The Morgan fingerprint density at radius 1 is 1.20 bits per heavy atom. The van der Waals surface area contributed by atoms with E-state index < -0.39 is 6.04 Å². The van der Waals surface area contributed by atoms with E-state index in [1.54, 1.807) is 6.07 Å². The van der Waals surface area contributed by atoms with Crippen molar-refractivity contribution in [3.63, 3.8) is 0 Å². The summed E-state index contributed by atoms with van der Waals surface area (Å²) in [5.74, 6) is 0.410. The van der Waals surface area contributed by atoms with Gasteiger partial charge in [-0.1, -0.05) is 18.2 Å². The molecule has 1 unspecified atom stereocenters. The van der Waals surface area contributed by atoms with Crippen LogP contribution < -0.4 is 5.73 Å². The van der Waals surface area contributed by atoms with Gasteiger partial charge in [0.2, 0.25) is 0 Å². The normalized spacial score (nSPS) is 12.8. The molecule has 1 atom stereocenters. The Kier molecular flexibility index (Phi) is 3.36. The molecule has 1 aromatic heterocycles. The summed E-state index contributed by atoms with van der Waals surface area (Å²) in [5, 5.41) is 0.990. The molecule has 3 aromatic rings. The molecule has 0 bridgehead atoms. The molecular formula is C16H13BrFNO. The van der Waals surface area contributed by atoms with E-state index in [1.165, 1.54) is 12.1 Å². The van der Waals surface area contributed by atoms with Crippen LogP contribution in [0.5, 0.6) is 0 Å². The summed E-state index contributed by atoms with van der Waals surface area (Å²) in [6.45, 7) is 1.84. The van der Waals surface area contributed by atoms with E-state index in [1.807, 2.05) is 31.2 Å². The van der Waals surface area contributed by atoms with Gasteiger partial charge in [0.15, 0.2) is 0 Å². The minimum atomic E-state index is -0.408. The van der Waals surface area contributed by atoms with E-state index in [2.05, 4.69) is 15.9 Å². The molecule has 0 saturated heterocycles. The van der Waals surface area contributed by atoms with Crippen molar-refractivity contribution in [1.82, 2.24) is 0 Å². The van der Waals surface area contributed by atoms with Crippen LogP contribution in [0.1, 0.15) is 22.9 Å². The lowest BCUT2D eigenvalue weighted by Gasteiger charge is -2.12. The number of fused-ring (bicyclic) bond motifs is 1. The number of hydrogen-bond acceptors (Lipinski definition) is 2. The molecule has 0 aliphatic rings. The van der Waals surface area contributed by atoms with Crippen LogP contribution >= 0.6 is 15.9 Å². The predicted octanol–water partition coefficient (Wildman–Crippen LogP) is 4.69. The van der Waals surface area contributed by atoms with Crippen LogP contribution in [-0.4, -0.2) is 0 Å². The van der Waals surface area contributed by atoms with Gasteiger partial charge in [0.25, 0.3) is 0 Å². The second-order valence-electron chi connectivity index (χ2n) is 4.79. The van der Waals surface area contributed by atoms with Crippen LogP contribution in [0.15, 0.2) is 51.4 Å². The average molecular weight is 334 g/mol. The number of para-hydroxylation sites is 1. The van der Waals surface area contributed by atoms with Crippen LogP contribution in [0.3, 0.4) is 0 Å². The van der Waals surface area contributed by atoms with Gasteiger partial charge in [0.05, 0.1) is 10.5 Å². The van der Waals surface area contributed by atoms with Crippen molar-refractivity contribution in [2.45, 2.75) is 13.0 Å². The van der Waals surface area contributed by atoms with E-state index >= 15 is 0 Å². The largest absolute Gasteiger partial charge is 0.458 e. The van der Waals surface area contributed by atoms with Gasteiger partial charge in [0, 0.05) is 5.39 Å². The molecule has 102 valence electrons. The summed E-state index contributed by atoms with van der Waals surface area (Å²) >= 11 is 3.46. The van der Waals surface area contributed by atoms with Crippen molar-refractivity contribution in [2.75, 3.05) is 0 Å². The number of hydrogen-bond donors (Lipinski definition) is 1. The Balaban J connectivity index is 2.08. The predicted molar refractivity (Wildman–Crippen MR) is 81.1 cm³/mol. The maximum absolute atomic E-state index is 13.2. The molecule has 3 rings (SSSR count). The van der Waals surface area contributed by atoms with Crippen molar-refractivity contribution >= 4 is 26.9 Å². The Bertz CT molecular complexity index is 781. The average Bonchev–Trinajstić information content (AvgIpc) is 2.83. The zero-order valence-electron chi connectivity index (χ0n) is 10.9. The van der Waals surface area contributed by atoms with Crippen molar-refractivity contribution < 1.29 is 8.81 Å². The molecule has 2 N–H and O–H groups in total. The number of rotatable bonds is 2. The molecule has 4 heteroatoms. The lowest BCUT2D eigenvalue weighted by atomic mass is 10.00. The molecule has 0 aliphatic heterocycles. The molecule has 0 amide bonds. The van der Waals surface area contributed by atoms with Gasteiger partial charge in [-0.3, -0.25) is 0 Å². The maximum atomic E-state index is 13.2. The zero-order chi connectivity index (χ0) is 14.3. The lowest BCUT2D eigenvalue weighted by Crippen LogP contribution is -2.12. The summed E-state index contributed by atoms with van der Waals surface area (Å²) in [4.78, 5) is 0. The topological polar surface area (TPSA) is 39.2 Å². The van der Waals surface area contributed by atoms with Gasteiger partial charge in [0.1, 0.15) is 17.2 Å². The first-order valence-electron chi connectivity index (χ1n) is 6.26. The van der Waals surface area contributed by atoms with Crippen LogP contribution in [-0.2, 0) is 0 Å². The first kappa shape index (κ1) is 13.3. The Morgan fingerprint density at radius 3 is 2.70 bits per heavy atom. The number of halogens is 2. The molecule has 0 aliphatic carbocycles. The third-order valence-corrected chi connectivity index (χ3v) is 4.01. The van der Waals surface area contributed by atoms with Crippen LogP contribution in [0, 0.1) is 12.7 Å². The summed E-state index contributed by atoms with van der Waals surface area (Å²) in [6.07, 6.45) is 0. The third kappa shape index (κ3) is 2.25. The summed E-state index contributed by atoms with van der Waals surface area (Å²) in [6, 6.07) is 12.0. The Labute approximate surface area is 124 Å². The second kappa shape index (κ2) is 5.04. The van der Waals surface area contributed by atoms with E-state index in [9.17, 15) is 4.39 Å². The van der Waals surface area contributed by atoms with E-state index in [4.69, 9.17) is 10.2 Å². The third-order valence-electron chi connectivity index (χ3n) is 3.39. The number of benzene rings is 2. The van der Waals surface area contributed by atoms with E-state index in [0.29, 0.717) is 5.76 Å². The smallest absolute Gasteiger partial charge is 0.148 e. The highest BCUT2D eigenvalue weighted by atomic mass is 79.9. The number of nitrogens with two attached hydrogens (primary N) is 1. The van der Waals surface area contributed by atoms with E-state index in [0.717, 1.165) is 26.6 Å². The summed E-state index contributed by atoms with van der Waals surface area (Å²) < 4.78 is 19.9. The van der Waals surface area contributed by atoms with Crippen molar-refractivity contribution in [1.29, 1.82) is 0 Å². The zero-order valence-corrected chi connectivity index (χ0v) is 12.4. The highest BCUT2D eigenvalue weighted by Gasteiger charge is 2.17. The van der Waals surface area contributed by atoms with Gasteiger partial charge >= 0.3 is 0 Å². The first-order valence-corrected chi connectivity index (χ1v) is 7.05. The van der Waals surface area contributed by atoms with Gasteiger partial charge in [-0.05, 0) is 58.2 Å². The molecular weight excluding hydrogens is 321 g/mol. The lowest BCUT2D eigenvalue weighted by molar-refractivity contribution is 0.522. The summed E-state index contributed by atoms with van der Waals surface area (Å²) in [7, 11) is 0. The van der Waals surface area contributed by atoms with Gasteiger partial charge in [-0.15, -0.1) is 0 Å². The molecule has 0 saturated carbocycles. The SMILES string of the molecule is Cc1cc(F)ccc1C(N)c1cc2cccc(Br)c2o1.